The van der Waals surface area contributed by atoms with Crippen molar-refractivity contribution in [1.82, 2.24) is 0 Å². The minimum absolute atomic E-state index is 0.840. The standard InChI is InChI=1S/C23H19NO/c1-16(24-19-11-13-20(25-2)14-12-19)23-21-9-5-3-7-17(21)15-18-8-4-6-10-22(18)23/h3-15H,1-2H3/b24-16+. The molecule has 0 bridgehead atoms. The second-order valence-electron chi connectivity index (χ2n) is 6.09. The Labute approximate surface area is 147 Å². The number of hydrogen-bond acceptors (Lipinski definition) is 2. The zero-order chi connectivity index (χ0) is 17.2. The van der Waals surface area contributed by atoms with Gasteiger partial charge in [0.2, 0.25) is 0 Å². The molecule has 2 nitrogen and oxygen atoms in total. The van der Waals surface area contributed by atoms with Crippen LogP contribution in [0.3, 0.4) is 0 Å². The average Bonchev–Trinajstić information content (AvgIpc) is 2.66. The largest absolute Gasteiger partial charge is 0.497 e. The van der Waals surface area contributed by atoms with Crippen molar-refractivity contribution >= 4 is 32.9 Å². The maximum atomic E-state index is 5.23. The van der Waals surface area contributed by atoms with Crippen molar-refractivity contribution in [3.63, 3.8) is 0 Å². The molecule has 0 amide bonds. The molecule has 0 unspecified atom stereocenters. The lowest BCUT2D eigenvalue weighted by atomic mass is 9.94. The Bertz CT molecular complexity index is 1020. The van der Waals surface area contributed by atoms with Crippen LogP contribution in [0.4, 0.5) is 5.69 Å². The van der Waals surface area contributed by atoms with Crippen LogP contribution < -0.4 is 4.74 Å². The third-order valence-electron chi connectivity index (χ3n) is 4.50. The lowest BCUT2D eigenvalue weighted by molar-refractivity contribution is 0.415. The smallest absolute Gasteiger partial charge is 0.119 e. The normalized spacial score (nSPS) is 11.8. The zero-order valence-electron chi connectivity index (χ0n) is 14.4. The molecule has 0 aliphatic carbocycles. The third kappa shape index (κ3) is 2.87. The lowest BCUT2D eigenvalue weighted by Crippen LogP contribution is -1.98. The van der Waals surface area contributed by atoms with Crippen molar-refractivity contribution in [3.8, 4) is 5.75 Å². The fourth-order valence-corrected chi connectivity index (χ4v) is 3.31. The zero-order valence-corrected chi connectivity index (χ0v) is 14.4. The van der Waals surface area contributed by atoms with Crippen molar-refractivity contribution < 1.29 is 4.74 Å². The fourth-order valence-electron chi connectivity index (χ4n) is 3.31. The summed E-state index contributed by atoms with van der Waals surface area (Å²) >= 11 is 0. The maximum Gasteiger partial charge on any atom is 0.119 e. The first-order valence-corrected chi connectivity index (χ1v) is 8.36. The van der Waals surface area contributed by atoms with E-state index in [0.29, 0.717) is 0 Å². The molecular weight excluding hydrogens is 306 g/mol. The molecule has 0 aromatic heterocycles. The molecule has 0 saturated carbocycles. The van der Waals surface area contributed by atoms with Crippen LogP contribution in [-0.2, 0) is 0 Å². The molecule has 4 aromatic rings. The lowest BCUT2D eigenvalue weighted by Gasteiger charge is -2.11. The Hall–Kier alpha value is -3.13. The van der Waals surface area contributed by atoms with E-state index in [1.54, 1.807) is 7.11 Å². The molecule has 0 saturated heterocycles. The first kappa shape index (κ1) is 15.4. The molecule has 4 aromatic carbocycles. The summed E-state index contributed by atoms with van der Waals surface area (Å²) in [5, 5.41) is 4.94. The van der Waals surface area contributed by atoms with Crippen LogP contribution in [0, 0.1) is 0 Å². The Morgan fingerprint density at radius 1 is 0.760 bits per heavy atom. The fraction of sp³-hybridized carbons (Fsp3) is 0.0870. The van der Waals surface area contributed by atoms with Crippen LogP contribution >= 0.6 is 0 Å². The van der Waals surface area contributed by atoms with Crippen molar-refractivity contribution in [2.24, 2.45) is 4.99 Å². The second kappa shape index (κ2) is 6.40. The van der Waals surface area contributed by atoms with Crippen molar-refractivity contribution in [3.05, 3.63) is 84.4 Å². The van der Waals surface area contributed by atoms with Gasteiger partial charge in [0.1, 0.15) is 5.75 Å². The van der Waals surface area contributed by atoms with Crippen LogP contribution in [0.5, 0.6) is 5.75 Å². The van der Waals surface area contributed by atoms with Crippen molar-refractivity contribution in [1.29, 1.82) is 0 Å². The van der Waals surface area contributed by atoms with Crippen molar-refractivity contribution in [2.75, 3.05) is 7.11 Å². The van der Waals surface area contributed by atoms with Gasteiger partial charge in [-0.25, -0.2) is 0 Å². The van der Waals surface area contributed by atoms with Gasteiger partial charge in [0.25, 0.3) is 0 Å². The molecule has 0 aliphatic rings. The first-order valence-electron chi connectivity index (χ1n) is 8.36. The summed E-state index contributed by atoms with van der Waals surface area (Å²) in [7, 11) is 1.67. The van der Waals surface area contributed by atoms with E-state index in [1.807, 2.05) is 24.3 Å². The summed E-state index contributed by atoms with van der Waals surface area (Å²) < 4.78 is 5.23. The van der Waals surface area contributed by atoms with Crippen molar-refractivity contribution in [2.45, 2.75) is 6.92 Å². The molecule has 0 aliphatic heterocycles. The number of fused-ring (bicyclic) bond motifs is 2. The van der Waals surface area contributed by atoms with Gasteiger partial charge in [0.05, 0.1) is 12.8 Å². The first-order chi connectivity index (χ1) is 12.3. The van der Waals surface area contributed by atoms with E-state index >= 15 is 0 Å². The van der Waals surface area contributed by atoms with E-state index in [4.69, 9.17) is 9.73 Å². The van der Waals surface area contributed by atoms with E-state index in [0.717, 1.165) is 17.1 Å². The molecule has 25 heavy (non-hydrogen) atoms. The summed E-state index contributed by atoms with van der Waals surface area (Å²) in [5.41, 5.74) is 3.14. The van der Waals surface area contributed by atoms with Crippen LogP contribution in [-0.4, -0.2) is 12.8 Å². The highest BCUT2D eigenvalue weighted by Gasteiger charge is 2.10. The predicted molar refractivity (Wildman–Crippen MR) is 106 cm³/mol. The number of ether oxygens (including phenoxy) is 1. The van der Waals surface area contributed by atoms with E-state index in [9.17, 15) is 0 Å². The quantitative estimate of drug-likeness (QED) is 0.327. The molecule has 0 N–H and O–H groups in total. The number of nitrogens with zero attached hydrogens (tertiary/aromatic N) is 1. The van der Waals surface area contributed by atoms with Crippen LogP contribution in [0.15, 0.2) is 83.9 Å². The van der Waals surface area contributed by atoms with Gasteiger partial charge < -0.3 is 4.74 Å². The van der Waals surface area contributed by atoms with Gasteiger partial charge in [-0.1, -0.05) is 48.5 Å². The molecule has 0 atom stereocenters. The van der Waals surface area contributed by atoms with E-state index in [1.165, 1.54) is 27.1 Å². The summed E-state index contributed by atoms with van der Waals surface area (Å²) in [4.78, 5) is 4.87. The van der Waals surface area contributed by atoms with Gasteiger partial charge in [-0.15, -0.1) is 0 Å². The highest BCUT2D eigenvalue weighted by atomic mass is 16.5. The minimum Gasteiger partial charge on any atom is -0.497 e. The van der Waals surface area contributed by atoms with E-state index < -0.39 is 0 Å². The van der Waals surface area contributed by atoms with Gasteiger partial charge >= 0.3 is 0 Å². The summed E-state index contributed by atoms with van der Waals surface area (Å²) in [6, 6.07) is 27.1. The monoisotopic (exact) mass is 325 g/mol. The maximum absolute atomic E-state index is 5.23. The van der Waals surface area contributed by atoms with E-state index in [-0.39, 0.29) is 0 Å². The van der Waals surface area contributed by atoms with Gasteiger partial charge in [-0.05, 0) is 58.8 Å². The molecule has 2 heteroatoms. The number of rotatable bonds is 3. The molecule has 122 valence electrons. The number of aliphatic imine (C=N–C) groups is 1. The number of benzene rings is 4. The minimum atomic E-state index is 0.840. The summed E-state index contributed by atoms with van der Waals surface area (Å²) in [6.07, 6.45) is 0. The molecule has 0 fully saturated rings. The Balaban J connectivity index is 1.94. The summed E-state index contributed by atoms with van der Waals surface area (Å²) in [5.74, 6) is 0.840. The van der Waals surface area contributed by atoms with Gasteiger partial charge in [0, 0.05) is 11.3 Å². The second-order valence-corrected chi connectivity index (χ2v) is 6.09. The molecule has 4 rings (SSSR count). The average molecular weight is 325 g/mol. The van der Waals surface area contributed by atoms with Crippen LogP contribution in [0.1, 0.15) is 12.5 Å². The molecule has 0 heterocycles. The Morgan fingerprint density at radius 3 is 1.88 bits per heavy atom. The topological polar surface area (TPSA) is 21.6 Å². The third-order valence-corrected chi connectivity index (χ3v) is 4.50. The molecular formula is C23H19NO. The SMILES string of the molecule is COc1ccc(/N=C(\C)c2c3ccccc3cc3ccccc23)cc1. The van der Waals surface area contributed by atoms with Gasteiger partial charge in [-0.2, -0.15) is 0 Å². The Morgan fingerprint density at radius 2 is 1.32 bits per heavy atom. The number of hydrogen-bond donors (Lipinski definition) is 0. The van der Waals surface area contributed by atoms with E-state index in [2.05, 4.69) is 61.5 Å². The van der Waals surface area contributed by atoms with Gasteiger partial charge in [-0.3, -0.25) is 4.99 Å². The highest BCUT2D eigenvalue weighted by Crippen LogP contribution is 2.30. The highest BCUT2D eigenvalue weighted by molar-refractivity contribution is 6.20. The van der Waals surface area contributed by atoms with Crippen LogP contribution in [0.2, 0.25) is 0 Å². The number of methoxy groups -OCH3 is 1. The molecule has 0 radical (unpaired) electrons. The predicted octanol–water partition coefficient (Wildman–Crippen LogP) is 6.14. The summed E-state index contributed by atoms with van der Waals surface area (Å²) in [6.45, 7) is 2.08. The Kier molecular flexibility index (Phi) is 3.95. The van der Waals surface area contributed by atoms with Crippen LogP contribution in [0.25, 0.3) is 21.5 Å². The van der Waals surface area contributed by atoms with Gasteiger partial charge in [0.15, 0.2) is 0 Å². The molecule has 0 spiro atoms.